The van der Waals surface area contributed by atoms with E-state index in [0.29, 0.717) is 35.1 Å². The first-order chi connectivity index (χ1) is 17.9. The van der Waals surface area contributed by atoms with Crippen molar-refractivity contribution in [2.24, 2.45) is 5.92 Å². The minimum absolute atomic E-state index is 0.0754. The molecule has 1 saturated heterocycles. The van der Waals surface area contributed by atoms with Crippen LogP contribution in [0.15, 0.2) is 24.3 Å². The molecule has 1 fully saturated rings. The molecule has 0 amide bonds. The summed E-state index contributed by atoms with van der Waals surface area (Å²) in [6, 6.07) is 7.59. The average Bonchev–Trinajstić information content (AvgIpc) is 3.25. The molecule has 3 heterocycles. The van der Waals surface area contributed by atoms with Crippen LogP contribution in [0.5, 0.6) is 0 Å². The number of alkyl halides is 3. The highest BCUT2D eigenvalue weighted by Gasteiger charge is 2.34. The lowest BCUT2D eigenvalue weighted by molar-refractivity contribution is -0.252. The average molecular weight is 553 g/mol. The van der Waals surface area contributed by atoms with Crippen molar-refractivity contribution in [2.45, 2.75) is 65.1 Å². The standard InChI is InChI=1S/C26H35F3N6O2S/c1-6-30-12-17-11-18(13-36-25(4,5)37-16(17)3)33-22-21(23-34-19-9-7-8-10-20(19)38-23)15(2)32-24(35-22)31-14-26(27,28)29/h7-10,16-18,30H,6,11-14H2,1-5H3,(H2,31,32,33,35)/t16-,17?,18?/m0/s1. The van der Waals surface area contributed by atoms with Crippen LogP contribution in [0.3, 0.4) is 0 Å². The molecule has 208 valence electrons. The fraction of sp³-hybridized carbons (Fsp3) is 0.577. The third kappa shape index (κ3) is 7.31. The molecule has 4 rings (SSSR count). The zero-order chi connectivity index (χ0) is 27.5. The van der Waals surface area contributed by atoms with Crippen LogP contribution in [-0.2, 0) is 9.47 Å². The van der Waals surface area contributed by atoms with Crippen molar-refractivity contribution < 1.29 is 22.6 Å². The Morgan fingerprint density at radius 1 is 1.16 bits per heavy atom. The van der Waals surface area contributed by atoms with E-state index in [-0.39, 0.29) is 24.0 Å². The number of aryl methyl sites for hydroxylation is 1. The molecule has 3 N–H and O–H groups in total. The van der Waals surface area contributed by atoms with Gasteiger partial charge in [0.25, 0.3) is 0 Å². The third-order valence-electron chi connectivity index (χ3n) is 6.39. The summed E-state index contributed by atoms with van der Waals surface area (Å²) in [5.41, 5.74) is 2.03. The summed E-state index contributed by atoms with van der Waals surface area (Å²) in [6.07, 6.45) is -3.77. The fourth-order valence-corrected chi connectivity index (χ4v) is 5.61. The second-order valence-electron chi connectivity index (χ2n) is 9.99. The Hall–Kier alpha value is -2.54. The SMILES string of the molecule is CCNCC1CC(Nc2nc(NCC(F)(F)F)nc(C)c2-c2nc3ccccc3s2)COC(C)(C)O[C@H]1C. The van der Waals surface area contributed by atoms with Gasteiger partial charge >= 0.3 is 6.18 Å². The maximum Gasteiger partial charge on any atom is 0.405 e. The van der Waals surface area contributed by atoms with Gasteiger partial charge in [-0.25, -0.2) is 9.97 Å². The topological polar surface area (TPSA) is 93.2 Å². The van der Waals surface area contributed by atoms with E-state index in [1.807, 2.05) is 45.0 Å². The van der Waals surface area contributed by atoms with Crippen LogP contribution >= 0.6 is 11.3 Å². The van der Waals surface area contributed by atoms with Gasteiger partial charge in [-0.05, 0) is 58.7 Å². The monoisotopic (exact) mass is 552 g/mol. The predicted molar refractivity (Wildman–Crippen MR) is 145 cm³/mol. The number of nitrogens with zero attached hydrogens (tertiary/aromatic N) is 3. The number of rotatable bonds is 8. The molecule has 1 aliphatic heterocycles. The molecule has 38 heavy (non-hydrogen) atoms. The largest absolute Gasteiger partial charge is 0.405 e. The van der Waals surface area contributed by atoms with Crippen LogP contribution in [0.4, 0.5) is 24.9 Å². The van der Waals surface area contributed by atoms with E-state index >= 15 is 0 Å². The van der Waals surface area contributed by atoms with Crippen LogP contribution in [0.25, 0.3) is 20.8 Å². The van der Waals surface area contributed by atoms with Crippen molar-refractivity contribution >= 4 is 33.3 Å². The molecule has 0 bridgehead atoms. The van der Waals surface area contributed by atoms with Gasteiger partial charge in [0.15, 0.2) is 5.79 Å². The van der Waals surface area contributed by atoms with E-state index < -0.39 is 18.5 Å². The van der Waals surface area contributed by atoms with E-state index in [9.17, 15) is 13.2 Å². The van der Waals surface area contributed by atoms with Crippen LogP contribution in [0.2, 0.25) is 0 Å². The van der Waals surface area contributed by atoms with Crippen LogP contribution in [-0.4, -0.2) is 65.3 Å². The normalized spacial score (nSPS) is 22.2. The molecule has 0 spiro atoms. The Kier molecular flexibility index (Phi) is 8.75. The molecule has 0 radical (unpaired) electrons. The number of aromatic nitrogens is 3. The Morgan fingerprint density at radius 2 is 1.92 bits per heavy atom. The lowest BCUT2D eigenvalue weighted by Gasteiger charge is -2.39. The number of nitrogens with one attached hydrogen (secondary N) is 3. The molecule has 8 nitrogen and oxygen atoms in total. The number of ether oxygens (including phenoxy) is 2. The molecule has 1 aromatic carbocycles. The summed E-state index contributed by atoms with van der Waals surface area (Å²) >= 11 is 1.49. The molecular weight excluding hydrogens is 517 g/mol. The summed E-state index contributed by atoms with van der Waals surface area (Å²) in [4.78, 5) is 13.6. The molecule has 12 heteroatoms. The van der Waals surface area contributed by atoms with Crippen molar-refractivity contribution in [2.75, 3.05) is 36.9 Å². The first-order valence-electron chi connectivity index (χ1n) is 12.8. The van der Waals surface area contributed by atoms with Crippen molar-refractivity contribution in [1.29, 1.82) is 0 Å². The van der Waals surface area contributed by atoms with Gasteiger partial charge in [0.2, 0.25) is 5.95 Å². The van der Waals surface area contributed by atoms with Crippen LogP contribution in [0, 0.1) is 12.8 Å². The van der Waals surface area contributed by atoms with Crippen LogP contribution in [0.1, 0.15) is 39.8 Å². The zero-order valence-electron chi connectivity index (χ0n) is 22.3. The Balaban J connectivity index is 1.72. The molecular formula is C26H35F3N6O2S. The van der Waals surface area contributed by atoms with Crippen molar-refractivity contribution in [3.63, 3.8) is 0 Å². The van der Waals surface area contributed by atoms with Gasteiger partial charge in [0.05, 0.1) is 40.2 Å². The van der Waals surface area contributed by atoms with Gasteiger partial charge in [-0.2, -0.15) is 18.2 Å². The van der Waals surface area contributed by atoms with E-state index in [0.717, 1.165) is 23.3 Å². The van der Waals surface area contributed by atoms with Gasteiger partial charge in [0.1, 0.15) is 17.4 Å². The Morgan fingerprint density at radius 3 is 2.63 bits per heavy atom. The molecule has 0 aliphatic carbocycles. The number of hydrogen-bond donors (Lipinski definition) is 3. The summed E-state index contributed by atoms with van der Waals surface area (Å²) < 4.78 is 52.1. The first kappa shape index (κ1) is 28.5. The number of para-hydroxylation sites is 1. The molecule has 1 aliphatic rings. The zero-order valence-corrected chi connectivity index (χ0v) is 23.1. The number of fused-ring (bicyclic) bond motifs is 1. The minimum Gasteiger partial charge on any atom is -0.364 e. The van der Waals surface area contributed by atoms with Crippen molar-refractivity contribution in [3.8, 4) is 10.6 Å². The highest BCUT2D eigenvalue weighted by Crippen LogP contribution is 2.37. The van der Waals surface area contributed by atoms with Gasteiger partial charge in [-0.1, -0.05) is 19.1 Å². The second kappa shape index (κ2) is 11.7. The predicted octanol–water partition coefficient (Wildman–Crippen LogP) is 5.60. The maximum atomic E-state index is 12.9. The summed E-state index contributed by atoms with van der Waals surface area (Å²) in [5.74, 6) is -0.294. The summed E-state index contributed by atoms with van der Waals surface area (Å²) in [5, 5.41) is 9.92. The summed E-state index contributed by atoms with van der Waals surface area (Å²) in [7, 11) is 0. The van der Waals surface area contributed by atoms with Crippen molar-refractivity contribution in [3.05, 3.63) is 30.0 Å². The first-order valence-corrected chi connectivity index (χ1v) is 13.6. The molecule has 3 aromatic rings. The van der Waals surface area contributed by atoms with E-state index in [2.05, 4.69) is 32.8 Å². The van der Waals surface area contributed by atoms with Crippen molar-refractivity contribution in [1.82, 2.24) is 20.3 Å². The summed E-state index contributed by atoms with van der Waals surface area (Å²) in [6.45, 7) is 10.3. The van der Waals surface area contributed by atoms with E-state index in [1.54, 1.807) is 6.92 Å². The molecule has 2 unspecified atom stereocenters. The molecule has 0 saturated carbocycles. The van der Waals surface area contributed by atoms with Gasteiger partial charge in [-0.3, -0.25) is 0 Å². The van der Waals surface area contributed by atoms with Gasteiger partial charge in [-0.15, -0.1) is 11.3 Å². The number of halogens is 3. The number of hydrogen-bond acceptors (Lipinski definition) is 9. The number of thiazole rings is 1. The van der Waals surface area contributed by atoms with Gasteiger partial charge < -0.3 is 25.4 Å². The second-order valence-corrected chi connectivity index (χ2v) is 11.0. The Bertz CT molecular complexity index is 1200. The van der Waals surface area contributed by atoms with Gasteiger partial charge in [0, 0.05) is 6.54 Å². The molecule has 2 aromatic heterocycles. The fourth-order valence-electron chi connectivity index (χ4n) is 4.55. The number of anilines is 2. The molecule has 3 atom stereocenters. The lowest BCUT2D eigenvalue weighted by Crippen LogP contribution is -2.46. The highest BCUT2D eigenvalue weighted by atomic mass is 32.1. The quantitative estimate of drug-likeness (QED) is 0.332. The maximum absolute atomic E-state index is 12.9. The van der Waals surface area contributed by atoms with E-state index in [4.69, 9.17) is 14.5 Å². The van der Waals surface area contributed by atoms with E-state index in [1.165, 1.54) is 11.3 Å². The lowest BCUT2D eigenvalue weighted by atomic mass is 9.93. The smallest absolute Gasteiger partial charge is 0.364 e. The number of benzene rings is 1. The Labute approximate surface area is 224 Å². The van der Waals surface area contributed by atoms with Crippen LogP contribution < -0.4 is 16.0 Å². The minimum atomic E-state index is -4.40. The third-order valence-corrected chi connectivity index (χ3v) is 7.45. The highest BCUT2D eigenvalue weighted by molar-refractivity contribution is 7.21.